The first-order valence-electron chi connectivity index (χ1n) is 11.8. The molecule has 0 aliphatic carbocycles. The van der Waals surface area contributed by atoms with Crippen LogP contribution in [-0.4, -0.2) is 16.4 Å². The van der Waals surface area contributed by atoms with Crippen LogP contribution in [-0.2, 0) is 0 Å². The van der Waals surface area contributed by atoms with Crippen molar-refractivity contribution in [1.29, 1.82) is 0 Å². The van der Waals surface area contributed by atoms with Gasteiger partial charge in [-0.05, 0) is 69.2 Å². The maximum atomic E-state index is 13.2. The van der Waals surface area contributed by atoms with Gasteiger partial charge in [-0.2, -0.15) is 0 Å². The number of rotatable bonds is 6. The van der Waals surface area contributed by atoms with Crippen LogP contribution in [0.4, 0.5) is 5.69 Å². The van der Waals surface area contributed by atoms with E-state index in [-0.39, 0.29) is 28.7 Å². The fourth-order valence-corrected chi connectivity index (χ4v) is 4.79. The molecule has 6 nitrogen and oxygen atoms in total. The van der Waals surface area contributed by atoms with Crippen LogP contribution in [0.3, 0.4) is 0 Å². The topological polar surface area (TPSA) is 92.4 Å². The second-order valence-corrected chi connectivity index (χ2v) is 9.88. The first-order valence-corrected chi connectivity index (χ1v) is 12.2. The van der Waals surface area contributed by atoms with E-state index >= 15 is 0 Å². The number of nitrogens with one attached hydrogen (secondary N) is 1. The molecule has 2 heterocycles. The van der Waals surface area contributed by atoms with Crippen LogP contribution < -0.4 is 10.7 Å². The van der Waals surface area contributed by atoms with Gasteiger partial charge in [0.05, 0.1) is 28.4 Å². The number of nitrogens with zero attached hydrogens (tertiary/aromatic N) is 1. The summed E-state index contributed by atoms with van der Waals surface area (Å²) in [6.45, 7) is 11.5. The zero-order valence-electron chi connectivity index (χ0n) is 21.2. The summed E-state index contributed by atoms with van der Waals surface area (Å²) in [6, 6.07) is 10.3. The fourth-order valence-electron chi connectivity index (χ4n) is 4.64. The molecule has 0 amide bonds. The Kier molecular flexibility index (Phi) is 6.92. The number of aromatic hydroxyl groups is 1. The number of aldehydes is 1. The van der Waals surface area contributed by atoms with E-state index in [4.69, 9.17) is 16.0 Å². The molecule has 0 saturated heterocycles. The van der Waals surface area contributed by atoms with Gasteiger partial charge in [-0.15, -0.1) is 0 Å². The van der Waals surface area contributed by atoms with Crippen molar-refractivity contribution in [2.45, 2.75) is 53.5 Å². The van der Waals surface area contributed by atoms with Crippen LogP contribution in [0.1, 0.15) is 71.1 Å². The molecule has 0 aliphatic heterocycles. The predicted molar refractivity (Wildman–Crippen MR) is 145 cm³/mol. The molecular weight excluding hydrogens is 476 g/mol. The van der Waals surface area contributed by atoms with Crippen molar-refractivity contribution >= 4 is 34.5 Å². The van der Waals surface area contributed by atoms with E-state index in [1.165, 1.54) is 6.07 Å². The minimum Gasteiger partial charge on any atom is -0.507 e. The summed E-state index contributed by atoms with van der Waals surface area (Å²) in [4.78, 5) is 29.3. The lowest BCUT2D eigenvalue weighted by Gasteiger charge is -2.21. The van der Waals surface area contributed by atoms with E-state index in [1.807, 2.05) is 52.8 Å². The highest BCUT2D eigenvalue weighted by molar-refractivity contribution is 6.29. The number of benzene rings is 2. The summed E-state index contributed by atoms with van der Waals surface area (Å²) in [6.07, 6.45) is 0.629. The van der Waals surface area contributed by atoms with E-state index in [1.54, 1.807) is 19.1 Å². The van der Waals surface area contributed by atoms with Crippen LogP contribution in [0.2, 0.25) is 5.15 Å². The molecule has 186 valence electrons. The van der Waals surface area contributed by atoms with E-state index in [0.717, 1.165) is 11.1 Å². The molecule has 1 atom stereocenters. The minimum absolute atomic E-state index is 0.0212. The number of aromatic nitrogens is 1. The summed E-state index contributed by atoms with van der Waals surface area (Å²) in [7, 11) is 0. The number of aryl methyl sites for hydroxylation is 1. The first-order chi connectivity index (χ1) is 17.0. The molecule has 2 aromatic carbocycles. The molecule has 0 saturated carbocycles. The molecule has 4 rings (SSSR count). The molecule has 7 heteroatoms. The standard InChI is InChI=1S/C29H29ClN2O4/c1-14(2)28-17(5)27(35)21-12-15(3)11-20(29(21)36-28)18(6)31-23-8-10-25(30)32-26(23)19-7-9-24(34)22(13-33)16(19)4/h7-14,18,31,34H,1-6H3. The summed E-state index contributed by atoms with van der Waals surface area (Å²) >= 11 is 6.25. The first kappa shape index (κ1) is 25.5. The monoisotopic (exact) mass is 504 g/mol. The van der Waals surface area contributed by atoms with Crippen molar-refractivity contribution in [3.05, 3.63) is 85.4 Å². The van der Waals surface area contributed by atoms with Gasteiger partial charge < -0.3 is 14.8 Å². The van der Waals surface area contributed by atoms with Gasteiger partial charge >= 0.3 is 0 Å². The number of halogens is 1. The summed E-state index contributed by atoms with van der Waals surface area (Å²) in [5.74, 6) is 0.657. The summed E-state index contributed by atoms with van der Waals surface area (Å²) < 4.78 is 6.33. The fraction of sp³-hybridized carbons (Fsp3) is 0.276. The molecule has 0 radical (unpaired) electrons. The molecule has 0 bridgehead atoms. The van der Waals surface area contributed by atoms with Gasteiger partial charge in [-0.1, -0.05) is 31.5 Å². The molecule has 0 fully saturated rings. The predicted octanol–water partition coefficient (Wildman–Crippen LogP) is 7.25. The zero-order chi connectivity index (χ0) is 26.3. The third kappa shape index (κ3) is 4.49. The van der Waals surface area contributed by atoms with Crippen LogP contribution in [0.15, 0.2) is 45.6 Å². The highest BCUT2D eigenvalue weighted by atomic mass is 35.5. The molecule has 2 aromatic heterocycles. The van der Waals surface area contributed by atoms with Crippen molar-refractivity contribution in [2.75, 3.05) is 5.32 Å². The number of phenols is 1. The largest absolute Gasteiger partial charge is 0.507 e. The van der Waals surface area contributed by atoms with Crippen LogP contribution in [0.5, 0.6) is 5.75 Å². The number of hydrogen-bond donors (Lipinski definition) is 2. The number of anilines is 1. The Balaban J connectivity index is 1.87. The van der Waals surface area contributed by atoms with E-state index in [0.29, 0.717) is 56.2 Å². The molecular formula is C29H29ClN2O4. The average molecular weight is 505 g/mol. The highest BCUT2D eigenvalue weighted by Gasteiger charge is 2.21. The van der Waals surface area contributed by atoms with Crippen LogP contribution >= 0.6 is 11.6 Å². The van der Waals surface area contributed by atoms with Gasteiger partial charge in [0.2, 0.25) is 0 Å². The Morgan fingerprint density at radius 2 is 1.78 bits per heavy atom. The van der Waals surface area contributed by atoms with Crippen LogP contribution in [0.25, 0.3) is 22.2 Å². The van der Waals surface area contributed by atoms with Crippen molar-refractivity contribution in [3.8, 4) is 17.0 Å². The quantitative estimate of drug-likeness (QED) is 0.212. The maximum absolute atomic E-state index is 13.2. The summed E-state index contributed by atoms with van der Waals surface area (Å²) in [5.41, 5.74) is 5.68. The molecule has 0 spiro atoms. The second kappa shape index (κ2) is 9.78. The van der Waals surface area contributed by atoms with Crippen molar-refractivity contribution in [1.82, 2.24) is 4.98 Å². The van der Waals surface area contributed by atoms with E-state index < -0.39 is 0 Å². The molecule has 2 N–H and O–H groups in total. The van der Waals surface area contributed by atoms with Gasteiger partial charge in [0, 0.05) is 22.6 Å². The number of fused-ring (bicyclic) bond motifs is 1. The normalized spacial score (nSPS) is 12.2. The van der Waals surface area contributed by atoms with Gasteiger partial charge in [-0.25, -0.2) is 4.98 Å². The Morgan fingerprint density at radius 3 is 2.44 bits per heavy atom. The van der Waals surface area contributed by atoms with Crippen molar-refractivity contribution < 1.29 is 14.3 Å². The maximum Gasteiger partial charge on any atom is 0.195 e. The molecule has 4 aromatic rings. The average Bonchev–Trinajstić information content (AvgIpc) is 2.82. The molecule has 36 heavy (non-hydrogen) atoms. The molecule has 1 unspecified atom stereocenters. The smallest absolute Gasteiger partial charge is 0.195 e. The van der Waals surface area contributed by atoms with Gasteiger partial charge in [0.25, 0.3) is 0 Å². The third-order valence-electron chi connectivity index (χ3n) is 6.52. The number of carbonyl (C=O) groups excluding carboxylic acids is 1. The van der Waals surface area contributed by atoms with Crippen LogP contribution in [0, 0.1) is 20.8 Å². The Bertz CT molecular complexity index is 1560. The minimum atomic E-state index is -0.261. The number of pyridine rings is 1. The Hall–Kier alpha value is -3.64. The van der Waals surface area contributed by atoms with Crippen molar-refractivity contribution in [2.24, 2.45) is 0 Å². The van der Waals surface area contributed by atoms with Crippen molar-refractivity contribution in [3.63, 3.8) is 0 Å². The highest BCUT2D eigenvalue weighted by Crippen LogP contribution is 2.37. The lowest BCUT2D eigenvalue weighted by Crippen LogP contribution is -2.14. The van der Waals surface area contributed by atoms with E-state index in [2.05, 4.69) is 10.3 Å². The van der Waals surface area contributed by atoms with E-state index in [9.17, 15) is 14.7 Å². The Labute approximate surface area is 215 Å². The lowest BCUT2D eigenvalue weighted by molar-refractivity contribution is 0.112. The Morgan fingerprint density at radius 1 is 1.06 bits per heavy atom. The number of carbonyl (C=O) groups is 1. The molecule has 0 aliphatic rings. The summed E-state index contributed by atoms with van der Waals surface area (Å²) in [5, 5.41) is 14.4. The van der Waals surface area contributed by atoms with Gasteiger partial charge in [-0.3, -0.25) is 9.59 Å². The zero-order valence-corrected chi connectivity index (χ0v) is 21.9. The van der Waals surface area contributed by atoms with Gasteiger partial charge in [0.15, 0.2) is 11.7 Å². The number of hydrogen-bond acceptors (Lipinski definition) is 6. The lowest BCUT2D eigenvalue weighted by atomic mass is 9.97. The SMILES string of the molecule is Cc1cc(C(C)Nc2ccc(Cl)nc2-c2ccc(O)c(C=O)c2C)c2oc(C(C)C)c(C)c(=O)c2c1. The second-order valence-electron chi connectivity index (χ2n) is 9.49. The third-order valence-corrected chi connectivity index (χ3v) is 6.73. The van der Waals surface area contributed by atoms with Gasteiger partial charge in [0.1, 0.15) is 22.2 Å². The number of phenolic OH excluding ortho intramolecular Hbond substituents is 1.